The summed E-state index contributed by atoms with van der Waals surface area (Å²) in [7, 11) is 0. The second-order valence-corrected chi connectivity index (χ2v) is 8.24. The standard InChI is InChI=1S/C19H21N3O4S/c1-19(13-6-7-13)17(24)22(18(25)20-19)12-16(23)21(10-14-4-2-8-26-14)11-15-5-3-9-27-15/h2-5,8-9,13H,6-7,10-12H2,1H3,(H,20,25). The van der Waals surface area contributed by atoms with E-state index in [4.69, 9.17) is 4.42 Å². The minimum atomic E-state index is -0.878. The fourth-order valence-corrected chi connectivity index (χ4v) is 4.16. The van der Waals surface area contributed by atoms with Gasteiger partial charge in [0.15, 0.2) is 0 Å². The van der Waals surface area contributed by atoms with Crippen LogP contribution in [0.3, 0.4) is 0 Å². The lowest BCUT2D eigenvalue weighted by atomic mass is 9.96. The number of amides is 4. The Labute approximate surface area is 160 Å². The first kappa shape index (κ1) is 17.8. The maximum Gasteiger partial charge on any atom is 0.325 e. The van der Waals surface area contributed by atoms with Crippen molar-refractivity contribution in [2.45, 2.75) is 38.4 Å². The molecule has 0 bridgehead atoms. The van der Waals surface area contributed by atoms with E-state index in [0.29, 0.717) is 12.3 Å². The average Bonchev–Trinajstić information content (AvgIpc) is 3.06. The Kier molecular flexibility index (Phi) is 4.51. The molecular formula is C19H21N3O4S. The fraction of sp³-hybridized carbons (Fsp3) is 0.421. The van der Waals surface area contributed by atoms with Gasteiger partial charge in [-0.15, -0.1) is 11.3 Å². The Bertz CT molecular complexity index is 808. The molecule has 142 valence electrons. The predicted octanol–water partition coefficient (Wildman–Crippen LogP) is 2.59. The van der Waals surface area contributed by atoms with Crippen LogP contribution in [0, 0.1) is 5.92 Å². The first-order chi connectivity index (χ1) is 13.0. The van der Waals surface area contributed by atoms with Crippen molar-refractivity contribution in [3.8, 4) is 0 Å². The number of imide groups is 1. The Morgan fingerprint density at radius 3 is 2.78 bits per heavy atom. The number of hydrogen-bond donors (Lipinski definition) is 1. The second kappa shape index (κ2) is 6.84. The van der Waals surface area contributed by atoms with Crippen LogP contribution in [0.1, 0.15) is 30.4 Å². The predicted molar refractivity (Wildman–Crippen MR) is 98.7 cm³/mol. The molecule has 4 amide bonds. The summed E-state index contributed by atoms with van der Waals surface area (Å²) in [6.07, 6.45) is 3.41. The highest BCUT2D eigenvalue weighted by molar-refractivity contribution is 7.09. The van der Waals surface area contributed by atoms with Crippen LogP contribution in [-0.2, 0) is 22.7 Å². The van der Waals surface area contributed by atoms with Gasteiger partial charge >= 0.3 is 6.03 Å². The van der Waals surface area contributed by atoms with Gasteiger partial charge in [0, 0.05) is 4.88 Å². The topological polar surface area (TPSA) is 82.9 Å². The zero-order chi connectivity index (χ0) is 19.0. The van der Waals surface area contributed by atoms with Crippen molar-refractivity contribution in [1.29, 1.82) is 0 Å². The molecule has 1 N–H and O–H groups in total. The van der Waals surface area contributed by atoms with Gasteiger partial charge in [-0.05, 0) is 49.3 Å². The van der Waals surface area contributed by atoms with E-state index in [1.165, 1.54) is 0 Å². The molecule has 0 aromatic carbocycles. The molecule has 8 heteroatoms. The Morgan fingerprint density at radius 1 is 1.33 bits per heavy atom. The maximum atomic E-state index is 13.0. The van der Waals surface area contributed by atoms with Gasteiger partial charge in [0.05, 0.1) is 19.4 Å². The molecule has 27 heavy (non-hydrogen) atoms. The summed E-state index contributed by atoms with van der Waals surface area (Å²) >= 11 is 1.55. The largest absolute Gasteiger partial charge is 0.467 e. The van der Waals surface area contributed by atoms with Crippen LogP contribution >= 0.6 is 11.3 Å². The van der Waals surface area contributed by atoms with Crippen molar-refractivity contribution in [2.24, 2.45) is 5.92 Å². The van der Waals surface area contributed by atoms with E-state index in [1.807, 2.05) is 17.5 Å². The normalized spacial score (nSPS) is 22.2. The smallest absolute Gasteiger partial charge is 0.325 e. The molecule has 0 radical (unpaired) electrons. The van der Waals surface area contributed by atoms with Crippen LogP contribution < -0.4 is 5.32 Å². The van der Waals surface area contributed by atoms with Crippen molar-refractivity contribution in [1.82, 2.24) is 15.1 Å². The van der Waals surface area contributed by atoms with E-state index >= 15 is 0 Å². The molecule has 7 nitrogen and oxygen atoms in total. The monoisotopic (exact) mass is 387 g/mol. The zero-order valence-corrected chi connectivity index (χ0v) is 15.8. The minimum absolute atomic E-state index is 0.166. The summed E-state index contributed by atoms with van der Waals surface area (Å²) in [6, 6.07) is 6.95. The molecule has 1 atom stereocenters. The molecule has 0 spiro atoms. The zero-order valence-electron chi connectivity index (χ0n) is 15.0. The third kappa shape index (κ3) is 3.49. The number of nitrogens with zero attached hydrogens (tertiary/aromatic N) is 2. The molecule has 4 rings (SSSR count). The highest BCUT2D eigenvalue weighted by atomic mass is 32.1. The Morgan fingerprint density at radius 2 is 2.15 bits per heavy atom. The SMILES string of the molecule is CC1(C2CC2)NC(=O)N(CC(=O)N(Cc2ccco2)Cc2cccs2)C1=O. The van der Waals surface area contributed by atoms with Gasteiger partial charge in [0.1, 0.15) is 17.8 Å². The summed E-state index contributed by atoms with van der Waals surface area (Å²) in [5.41, 5.74) is -0.878. The van der Waals surface area contributed by atoms with Crippen LogP contribution in [0.25, 0.3) is 0 Å². The second-order valence-electron chi connectivity index (χ2n) is 7.21. The number of thiophene rings is 1. The van der Waals surface area contributed by atoms with Crippen LogP contribution in [0.4, 0.5) is 4.79 Å². The van der Waals surface area contributed by atoms with Gasteiger partial charge in [0.25, 0.3) is 5.91 Å². The van der Waals surface area contributed by atoms with Gasteiger partial charge in [-0.2, -0.15) is 0 Å². The van der Waals surface area contributed by atoms with E-state index in [-0.39, 0.29) is 30.8 Å². The molecule has 2 fully saturated rings. The molecule has 1 aliphatic carbocycles. The highest BCUT2D eigenvalue weighted by Crippen LogP contribution is 2.42. The van der Waals surface area contributed by atoms with Crippen LogP contribution in [0.5, 0.6) is 0 Å². The van der Waals surface area contributed by atoms with Crippen molar-refractivity contribution in [3.63, 3.8) is 0 Å². The lowest BCUT2D eigenvalue weighted by Gasteiger charge is -2.24. The number of hydrogen-bond acceptors (Lipinski definition) is 5. The van der Waals surface area contributed by atoms with Crippen LogP contribution in [0.15, 0.2) is 40.3 Å². The number of carbonyl (C=O) groups is 3. The number of rotatable bonds is 7. The van der Waals surface area contributed by atoms with Crippen molar-refractivity contribution in [3.05, 3.63) is 46.5 Å². The summed E-state index contributed by atoms with van der Waals surface area (Å²) in [4.78, 5) is 41.7. The third-order valence-electron chi connectivity index (χ3n) is 5.19. The summed E-state index contributed by atoms with van der Waals surface area (Å²) in [5.74, 6) is 0.222. The van der Waals surface area contributed by atoms with Crippen molar-refractivity contribution >= 4 is 29.2 Å². The molecule has 2 aliphatic rings. The van der Waals surface area contributed by atoms with Gasteiger partial charge < -0.3 is 14.6 Å². The summed E-state index contributed by atoms with van der Waals surface area (Å²) in [5, 5.41) is 4.73. The molecule has 1 saturated carbocycles. The maximum absolute atomic E-state index is 13.0. The quantitative estimate of drug-likeness (QED) is 0.741. The molecular weight excluding hydrogens is 366 g/mol. The fourth-order valence-electron chi connectivity index (χ4n) is 3.45. The Balaban J connectivity index is 1.49. The van der Waals surface area contributed by atoms with Gasteiger partial charge in [0.2, 0.25) is 5.91 Å². The van der Waals surface area contributed by atoms with Gasteiger partial charge in [-0.25, -0.2) is 4.79 Å². The third-order valence-corrected chi connectivity index (χ3v) is 6.06. The first-order valence-electron chi connectivity index (χ1n) is 8.94. The molecule has 1 saturated heterocycles. The number of nitrogens with one attached hydrogen (secondary N) is 1. The van der Waals surface area contributed by atoms with E-state index in [1.54, 1.807) is 41.6 Å². The lowest BCUT2D eigenvalue weighted by molar-refractivity contribution is -0.139. The van der Waals surface area contributed by atoms with E-state index in [0.717, 1.165) is 22.6 Å². The van der Waals surface area contributed by atoms with E-state index < -0.39 is 11.6 Å². The first-order valence-corrected chi connectivity index (χ1v) is 9.82. The highest BCUT2D eigenvalue weighted by Gasteiger charge is 2.56. The van der Waals surface area contributed by atoms with Gasteiger partial charge in [-0.1, -0.05) is 6.07 Å². The number of furan rings is 1. The molecule has 3 heterocycles. The Hall–Kier alpha value is -2.61. The van der Waals surface area contributed by atoms with Crippen LogP contribution in [0.2, 0.25) is 0 Å². The average molecular weight is 387 g/mol. The van der Waals surface area contributed by atoms with E-state index in [9.17, 15) is 14.4 Å². The van der Waals surface area contributed by atoms with Crippen molar-refractivity contribution in [2.75, 3.05) is 6.54 Å². The molecule has 2 aromatic heterocycles. The number of carbonyl (C=O) groups excluding carboxylic acids is 3. The molecule has 1 aliphatic heterocycles. The number of urea groups is 1. The summed E-state index contributed by atoms with van der Waals surface area (Å²) in [6.45, 7) is 2.18. The van der Waals surface area contributed by atoms with Crippen molar-refractivity contribution < 1.29 is 18.8 Å². The van der Waals surface area contributed by atoms with Gasteiger partial charge in [-0.3, -0.25) is 14.5 Å². The summed E-state index contributed by atoms with van der Waals surface area (Å²) < 4.78 is 5.37. The van der Waals surface area contributed by atoms with Crippen LogP contribution in [-0.4, -0.2) is 39.7 Å². The lowest BCUT2D eigenvalue weighted by Crippen LogP contribution is -2.47. The minimum Gasteiger partial charge on any atom is -0.467 e. The molecule has 1 unspecified atom stereocenters. The van der Waals surface area contributed by atoms with E-state index in [2.05, 4.69) is 5.32 Å². The molecule has 2 aromatic rings.